The molecule has 0 saturated carbocycles. The first-order valence-corrected chi connectivity index (χ1v) is 9.58. The zero-order valence-corrected chi connectivity index (χ0v) is 16.4. The van der Waals surface area contributed by atoms with E-state index in [0.717, 1.165) is 33.6 Å². The smallest absolute Gasteiger partial charge is 0.232 e. The maximum absolute atomic E-state index is 6.28. The molecule has 0 bridgehead atoms. The number of furan rings is 1. The highest BCUT2D eigenvalue weighted by molar-refractivity contribution is 6.06. The summed E-state index contributed by atoms with van der Waals surface area (Å²) in [5.74, 6) is 1.88. The van der Waals surface area contributed by atoms with Crippen molar-refractivity contribution in [2.75, 3.05) is 12.8 Å². The number of nitrogen functional groups attached to an aromatic ring is 1. The minimum Gasteiger partial charge on any atom is -0.497 e. The Bertz CT molecular complexity index is 1330. The van der Waals surface area contributed by atoms with Gasteiger partial charge in [-0.3, -0.25) is 0 Å². The standard InChI is InChI=1S/C25H19N3O2/c1-29-18-13-11-17(12-14-18)21-22-24(26)27-15-28-25(22)30-23(21)20-10-6-5-9-19(20)16-7-3-2-4-8-16/h2-15H,1H3,(H2,26,27,28). The molecule has 0 spiro atoms. The van der Waals surface area contributed by atoms with E-state index in [2.05, 4.69) is 34.2 Å². The first-order chi connectivity index (χ1) is 14.8. The predicted molar refractivity (Wildman–Crippen MR) is 119 cm³/mol. The van der Waals surface area contributed by atoms with Gasteiger partial charge in [-0.1, -0.05) is 66.7 Å². The lowest BCUT2D eigenvalue weighted by molar-refractivity contribution is 0.415. The van der Waals surface area contributed by atoms with E-state index in [1.165, 1.54) is 6.33 Å². The van der Waals surface area contributed by atoms with Gasteiger partial charge in [0.1, 0.15) is 23.7 Å². The van der Waals surface area contributed by atoms with Gasteiger partial charge in [0.2, 0.25) is 5.71 Å². The fraction of sp³-hybridized carbons (Fsp3) is 0.0400. The molecule has 0 unspecified atom stereocenters. The van der Waals surface area contributed by atoms with E-state index in [0.29, 0.717) is 22.7 Å². The van der Waals surface area contributed by atoms with E-state index in [1.54, 1.807) is 7.11 Å². The zero-order chi connectivity index (χ0) is 20.5. The number of benzene rings is 3. The molecule has 5 heteroatoms. The fourth-order valence-electron chi connectivity index (χ4n) is 3.73. The monoisotopic (exact) mass is 393 g/mol. The van der Waals surface area contributed by atoms with Gasteiger partial charge in [-0.15, -0.1) is 0 Å². The van der Waals surface area contributed by atoms with Crippen molar-refractivity contribution in [2.45, 2.75) is 0 Å². The topological polar surface area (TPSA) is 74.2 Å². The van der Waals surface area contributed by atoms with Crippen molar-refractivity contribution in [1.29, 1.82) is 0 Å². The molecule has 0 radical (unpaired) electrons. The van der Waals surface area contributed by atoms with Crippen molar-refractivity contribution in [3.8, 4) is 39.3 Å². The molecule has 0 aliphatic heterocycles. The Hall–Kier alpha value is -4.12. The molecule has 146 valence electrons. The van der Waals surface area contributed by atoms with E-state index in [1.807, 2.05) is 54.6 Å². The largest absolute Gasteiger partial charge is 0.497 e. The van der Waals surface area contributed by atoms with Crippen LogP contribution in [0.25, 0.3) is 44.7 Å². The average molecular weight is 393 g/mol. The van der Waals surface area contributed by atoms with Crippen molar-refractivity contribution < 1.29 is 9.15 Å². The molecule has 0 fully saturated rings. The summed E-state index contributed by atoms with van der Waals surface area (Å²) in [4.78, 5) is 8.52. The second kappa shape index (κ2) is 7.37. The fourth-order valence-corrected chi connectivity index (χ4v) is 3.73. The zero-order valence-electron chi connectivity index (χ0n) is 16.4. The Morgan fingerprint density at radius 2 is 1.47 bits per heavy atom. The average Bonchev–Trinajstić information content (AvgIpc) is 3.20. The number of ether oxygens (including phenoxy) is 1. The van der Waals surface area contributed by atoms with E-state index in [-0.39, 0.29) is 0 Å². The van der Waals surface area contributed by atoms with Gasteiger partial charge in [0.05, 0.1) is 12.5 Å². The minimum atomic E-state index is 0.387. The van der Waals surface area contributed by atoms with Crippen LogP contribution in [0.4, 0.5) is 5.82 Å². The van der Waals surface area contributed by atoms with Crippen molar-refractivity contribution >= 4 is 16.9 Å². The van der Waals surface area contributed by atoms with Crippen LogP contribution in [0, 0.1) is 0 Å². The van der Waals surface area contributed by atoms with Crippen LogP contribution in [-0.4, -0.2) is 17.1 Å². The van der Waals surface area contributed by atoms with Crippen LogP contribution in [-0.2, 0) is 0 Å². The quantitative estimate of drug-likeness (QED) is 0.417. The van der Waals surface area contributed by atoms with Crippen LogP contribution in [0.1, 0.15) is 0 Å². The second-order valence-electron chi connectivity index (χ2n) is 6.89. The van der Waals surface area contributed by atoms with E-state index in [4.69, 9.17) is 14.9 Å². The Morgan fingerprint density at radius 3 is 2.20 bits per heavy atom. The highest BCUT2D eigenvalue weighted by atomic mass is 16.5. The molecule has 5 rings (SSSR count). The molecule has 0 atom stereocenters. The van der Waals surface area contributed by atoms with Crippen molar-refractivity contribution in [2.24, 2.45) is 0 Å². The molecular weight excluding hydrogens is 374 g/mol. The number of fused-ring (bicyclic) bond motifs is 1. The summed E-state index contributed by atoms with van der Waals surface area (Å²) in [7, 11) is 1.65. The maximum atomic E-state index is 6.28. The van der Waals surface area contributed by atoms with Crippen molar-refractivity contribution in [3.05, 3.63) is 85.2 Å². The molecule has 0 amide bonds. The van der Waals surface area contributed by atoms with E-state index < -0.39 is 0 Å². The number of rotatable bonds is 4. The molecule has 5 aromatic rings. The number of anilines is 1. The second-order valence-corrected chi connectivity index (χ2v) is 6.89. The maximum Gasteiger partial charge on any atom is 0.232 e. The Morgan fingerprint density at radius 1 is 0.767 bits per heavy atom. The molecule has 0 aliphatic rings. The van der Waals surface area contributed by atoms with Gasteiger partial charge in [-0.2, -0.15) is 0 Å². The van der Waals surface area contributed by atoms with Gasteiger partial charge >= 0.3 is 0 Å². The van der Waals surface area contributed by atoms with Gasteiger partial charge in [0.15, 0.2) is 0 Å². The predicted octanol–water partition coefficient (Wildman–Crippen LogP) is 5.81. The molecule has 2 heterocycles. The van der Waals surface area contributed by atoms with Crippen LogP contribution < -0.4 is 10.5 Å². The van der Waals surface area contributed by atoms with Gasteiger partial charge < -0.3 is 14.9 Å². The highest BCUT2D eigenvalue weighted by Crippen LogP contribution is 2.44. The van der Waals surface area contributed by atoms with Gasteiger partial charge in [-0.25, -0.2) is 9.97 Å². The number of hydrogen-bond donors (Lipinski definition) is 1. The summed E-state index contributed by atoms with van der Waals surface area (Å²) >= 11 is 0. The number of aromatic nitrogens is 2. The minimum absolute atomic E-state index is 0.387. The summed E-state index contributed by atoms with van der Waals surface area (Å²) in [6.45, 7) is 0. The lowest BCUT2D eigenvalue weighted by Crippen LogP contribution is -1.93. The third-order valence-corrected chi connectivity index (χ3v) is 5.15. The number of nitrogens with two attached hydrogens (primary N) is 1. The number of methoxy groups -OCH3 is 1. The molecule has 30 heavy (non-hydrogen) atoms. The number of nitrogens with zero attached hydrogens (tertiary/aromatic N) is 2. The first kappa shape index (κ1) is 17.9. The summed E-state index contributed by atoms with van der Waals surface area (Å²) in [5.41, 5.74) is 11.7. The summed E-state index contributed by atoms with van der Waals surface area (Å²) in [6.07, 6.45) is 1.42. The Kier molecular flexibility index (Phi) is 4.41. The first-order valence-electron chi connectivity index (χ1n) is 9.58. The van der Waals surface area contributed by atoms with Crippen LogP contribution >= 0.6 is 0 Å². The van der Waals surface area contributed by atoms with Gasteiger partial charge in [0.25, 0.3) is 0 Å². The summed E-state index contributed by atoms with van der Waals surface area (Å²) in [6, 6.07) is 26.2. The van der Waals surface area contributed by atoms with Gasteiger partial charge in [0, 0.05) is 11.1 Å². The highest BCUT2D eigenvalue weighted by Gasteiger charge is 2.23. The molecule has 5 nitrogen and oxygen atoms in total. The molecule has 3 aromatic carbocycles. The SMILES string of the molecule is COc1ccc(-c2c(-c3ccccc3-c3ccccc3)oc3ncnc(N)c23)cc1. The molecular formula is C25H19N3O2. The normalized spacial score (nSPS) is 11.0. The summed E-state index contributed by atoms with van der Waals surface area (Å²) in [5, 5.41) is 0.709. The van der Waals surface area contributed by atoms with Crippen molar-refractivity contribution in [1.82, 2.24) is 9.97 Å². The molecule has 2 N–H and O–H groups in total. The third-order valence-electron chi connectivity index (χ3n) is 5.15. The lowest BCUT2D eigenvalue weighted by Gasteiger charge is -2.10. The van der Waals surface area contributed by atoms with E-state index >= 15 is 0 Å². The Balaban J connectivity index is 1.82. The van der Waals surface area contributed by atoms with Gasteiger partial charge in [-0.05, 0) is 28.8 Å². The molecule has 2 aromatic heterocycles. The molecule has 0 saturated heterocycles. The van der Waals surface area contributed by atoms with Crippen LogP contribution in [0.3, 0.4) is 0 Å². The van der Waals surface area contributed by atoms with Crippen LogP contribution in [0.15, 0.2) is 89.6 Å². The third kappa shape index (κ3) is 2.97. The Labute approximate surface area is 173 Å². The molecule has 0 aliphatic carbocycles. The summed E-state index contributed by atoms with van der Waals surface area (Å²) < 4.78 is 11.6. The van der Waals surface area contributed by atoms with Crippen molar-refractivity contribution in [3.63, 3.8) is 0 Å². The van der Waals surface area contributed by atoms with Crippen LogP contribution in [0.2, 0.25) is 0 Å². The number of hydrogen-bond acceptors (Lipinski definition) is 5. The van der Waals surface area contributed by atoms with E-state index in [9.17, 15) is 0 Å². The van der Waals surface area contributed by atoms with Crippen LogP contribution in [0.5, 0.6) is 5.75 Å². The lowest BCUT2D eigenvalue weighted by atomic mass is 9.93.